The van der Waals surface area contributed by atoms with Crippen LogP contribution in [0.1, 0.15) is 36.0 Å². The second-order valence-corrected chi connectivity index (χ2v) is 6.13. The van der Waals surface area contributed by atoms with E-state index in [9.17, 15) is 9.18 Å². The molecule has 1 amide bonds. The molecule has 2 nitrogen and oxygen atoms in total. The molecule has 1 N–H and O–H groups in total. The fourth-order valence-electron chi connectivity index (χ4n) is 2.44. The van der Waals surface area contributed by atoms with E-state index in [1.165, 1.54) is 31.7 Å². The first-order valence-corrected chi connectivity index (χ1v) is 7.21. The quantitative estimate of drug-likeness (QED) is 0.906. The highest BCUT2D eigenvalue weighted by Gasteiger charge is 2.42. The minimum atomic E-state index is -0.472. The number of carbonyl (C=O) groups is 1. The van der Waals surface area contributed by atoms with E-state index in [1.54, 1.807) is 12.1 Å². The Morgan fingerprint density at radius 2 is 1.89 bits per heavy atom. The van der Waals surface area contributed by atoms with Crippen LogP contribution < -0.4 is 5.32 Å². The predicted molar refractivity (Wildman–Crippen MR) is 70.8 cm³/mol. The average Bonchev–Trinajstić information content (AvgIpc) is 3.22. The van der Waals surface area contributed by atoms with Crippen molar-refractivity contribution in [1.82, 2.24) is 5.32 Å². The zero-order chi connectivity index (χ0) is 12.7. The van der Waals surface area contributed by atoms with Crippen molar-refractivity contribution in [3.05, 3.63) is 34.1 Å². The Labute approximate surface area is 114 Å². The molecule has 0 unspecified atom stereocenters. The molecule has 0 heterocycles. The number of hydrogen-bond donors (Lipinski definition) is 1. The van der Waals surface area contributed by atoms with Crippen molar-refractivity contribution >= 4 is 21.8 Å². The summed E-state index contributed by atoms with van der Waals surface area (Å²) >= 11 is 3.11. The van der Waals surface area contributed by atoms with Crippen LogP contribution in [0.15, 0.2) is 22.7 Å². The third-order valence-electron chi connectivity index (χ3n) is 3.75. The van der Waals surface area contributed by atoms with E-state index in [0.717, 1.165) is 0 Å². The molecule has 1 aromatic rings. The molecule has 0 aliphatic heterocycles. The normalized spacial score (nSPS) is 19.1. The zero-order valence-electron chi connectivity index (χ0n) is 9.96. The minimum absolute atomic E-state index is 0.135. The molecule has 0 atom stereocenters. The average molecular weight is 312 g/mol. The van der Waals surface area contributed by atoms with Crippen molar-refractivity contribution in [2.75, 3.05) is 0 Å². The highest BCUT2D eigenvalue weighted by molar-refractivity contribution is 9.10. The van der Waals surface area contributed by atoms with Crippen LogP contribution >= 0.6 is 15.9 Å². The molecule has 1 aromatic carbocycles. The smallest absolute Gasteiger partial charge is 0.254 e. The Morgan fingerprint density at radius 3 is 2.44 bits per heavy atom. The van der Waals surface area contributed by atoms with Crippen LogP contribution in [0.25, 0.3) is 0 Å². The number of hydrogen-bond acceptors (Lipinski definition) is 1. The molecule has 96 valence electrons. The van der Waals surface area contributed by atoms with E-state index in [4.69, 9.17) is 0 Å². The second kappa shape index (κ2) is 4.65. The molecule has 18 heavy (non-hydrogen) atoms. The number of rotatable bonds is 4. The van der Waals surface area contributed by atoms with Crippen molar-refractivity contribution in [2.45, 2.75) is 31.7 Å². The number of halogens is 2. The molecule has 0 spiro atoms. The van der Waals surface area contributed by atoms with E-state index in [1.807, 2.05) is 0 Å². The van der Waals surface area contributed by atoms with Crippen LogP contribution in [0.2, 0.25) is 0 Å². The first-order valence-electron chi connectivity index (χ1n) is 6.41. The Hall–Kier alpha value is -0.900. The second-order valence-electron chi connectivity index (χ2n) is 5.28. The summed E-state index contributed by atoms with van der Waals surface area (Å²) in [6.45, 7) is 0. The van der Waals surface area contributed by atoms with E-state index >= 15 is 0 Å². The largest absolute Gasteiger partial charge is 0.349 e. The number of benzene rings is 1. The fraction of sp³-hybridized carbons (Fsp3) is 0.500. The summed E-state index contributed by atoms with van der Waals surface area (Å²) in [5, 5.41) is 3.03. The van der Waals surface area contributed by atoms with Crippen LogP contribution in [-0.2, 0) is 0 Å². The van der Waals surface area contributed by atoms with Crippen LogP contribution in [0, 0.1) is 17.7 Å². The van der Waals surface area contributed by atoms with Crippen molar-refractivity contribution < 1.29 is 9.18 Å². The van der Waals surface area contributed by atoms with Gasteiger partial charge in [-0.15, -0.1) is 0 Å². The summed E-state index contributed by atoms with van der Waals surface area (Å²) in [6.07, 6.45) is 4.79. The van der Waals surface area contributed by atoms with Gasteiger partial charge in [-0.3, -0.25) is 4.79 Å². The van der Waals surface area contributed by atoms with E-state index in [0.29, 0.717) is 16.3 Å². The minimum Gasteiger partial charge on any atom is -0.349 e. The molecule has 3 rings (SSSR count). The lowest BCUT2D eigenvalue weighted by molar-refractivity contribution is 0.0922. The van der Waals surface area contributed by atoms with Crippen molar-refractivity contribution in [1.29, 1.82) is 0 Å². The van der Waals surface area contributed by atoms with Crippen LogP contribution in [0.3, 0.4) is 0 Å². The molecule has 4 heteroatoms. The summed E-state index contributed by atoms with van der Waals surface area (Å²) in [6, 6.07) is 5.08. The Kier molecular flexibility index (Phi) is 3.14. The van der Waals surface area contributed by atoms with E-state index < -0.39 is 5.82 Å². The van der Waals surface area contributed by atoms with Gasteiger partial charge in [0, 0.05) is 6.04 Å². The van der Waals surface area contributed by atoms with Gasteiger partial charge in [0.1, 0.15) is 5.82 Å². The summed E-state index contributed by atoms with van der Waals surface area (Å²) < 4.78 is 14.2. The third kappa shape index (κ3) is 2.44. The van der Waals surface area contributed by atoms with Gasteiger partial charge in [0.25, 0.3) is 5.91 Å². The van der Waals surface area contributed by atoms with Gasteiger partial charge in [-0.05, 0) is 65.6 Å². The molecule has 0 bridgehead atoms. The van der Waals surface area contributed by atoms with Gasteiger partial charge in [-0.25, -0.2) is 4.39 Å². The van der Waals surface area contributed by atoms with Gasteiger partial charge >= 0.3 is 0 Å². The van der Waals surface area contributed by atoms with E-state index in [2.05, 4.69) is 21.2 Å². The summed E-state index contributed by atoms with van der Waals surface area (Å²) in [4.78, 5) is 12.1. The van der Waals surface area contributed by atoms with E-state index in [-0.39, 0.29) is 17.5 Å². The summed E-state index contributed by atoms with van der Waals surface area (Å²) in [7, 11) is 0. The zero-order valence-corrected chi connectivity index (χ0v) is 11.5. The molecule has 2 aliphatic carbocycles. The maximum Gasteiger partial charge on any atom is 0.254 e. The number of amides is 1. The summed E-state index contributed by atoms with van der Waals surface area (Å²) in [5.74, 6) is 0.492. The lowest BCUT2D eigenvalue weighted by atomic mass is 10.1. The highest BCUT2D eigenvalue weighted by atomic mass is 79.9. The first-order chi connectivity index (χ1) is 8.66. The lowest BCUT2D eigenvalue weighted by Gasteiger charge is -2.18. The van der Waals surface area contributed by atoms with Crippen molar-refractivity contribution in [3.63, 3.8) is 0 Å². The Balaban J connectivity index is 1.75. The summed E-state index contributed by atoms with van der Waals surface area (Å²) in [5.41, 5.74) is 0.135. The van der Waals surface area contributed by atoms with Crippen molar-refractivity contribution in [3.8, 4) is 0 Å². The van der Waals surface area contributed by atoms with Crippen LogP contribution in [0.4, 0.5) is 4.39 Å². The third-order valence-corrected chi connectivity index (χ3v) is 4.37. The molecule has 0 aromatic heterocycles. The first kappa shape index (κ1) is 12.2. The van der Waals surface area contributed by atoms with Gasteiger partial charge in [0.05, 0.1) is 10.0 Å². The Bertz CT molecular complexity index is 471. The fourth-order valence-corrected chi connectivity index (χ4v) is 2.81. The molecule has 2 aliphatic rings. The van der Waals surface area contributed by atoms with Crippen molar-refractivity contribution in [2.24, 2.45) is 11.8 Å². The van der Waals surface area contributed by atoms with Gasteiger partial charge in [-0.2, -0.15) is 0 Å². The lowest BCUT2D eigenvalue weighted by Crippen LogP contribution is -2.38. The molecular weight excluding hydrogens is 297 g/mol. The standard InChI is InChI=1S/C14H15BrFNO/c15-11-3-1-2-10(12(11)16)14(18)17-13(8-4-5-8)9-6-7-9/h1-3,8-9,13H,4-7H2,(H,17,18). The monoisotopic (exact) mass is 311 g/mol. The van der Waals surface area contributed by atoms with Gasteiger partial charge in [0.2, 0.25) is 0 Å². The topological polar surface area (TPSA) is 29.1 Å². The predicted octanol–water partition coefficient (Wildman–Crippen LogP) is 3.51. The van der Waals surface area contributed by atoms with Gasteiger partial charge in [0.15, 0.2) is 0 Å². The number of nitrogens with one attached hydrogen (secondary N) is 1. The maximum atomic E-state index is 13.8. The van der Waals surface area contributed by atoms with Gasteiger partial charge < -0.3 is 5.32 Å². The molecule has 2 fully saturated rings. The molecule has 2 saturated carbocycles. The maximum absolute atomic E-state index is 13.8. The Morgan fingerprint density at radius 1 is 1.28 bits per heavy atom. The van der Waals surface area contributed by atoms with Gasteiger partial charge in [-0.1, -0.05) is 6.07 Å². The molecule has 0 radical (unpaired) electrons. The SMILES string of the molecule is O=C(NC(C1CC1)C1CC1)c1cccc(Br)c1F. The van der Waals surface area contributed by atoms with Crippen LogP contribution in [-0.4, -0.2) is 11.9 Å². The number of carbonyl (C=O) groups excluding carboxylic acids is 1. The molecular formula is C14H15BrFNO. The molecule has 0 saturated heterocycles. The van der Waals surface area contributed by atoms with Crippen LogP contribution in [0.5, 0.6) is 0 Å². The highest BCUT2D eigenvalue weighted by Crippen LogP contribution is 2.44.